The third kappa shape index (κ3) is 4.91. The highest BCUT2D eigenvalue weighted by Gasteiger charge is 2.21. The molecule has 0 amide bonds. The van der Waals surface area contributed by atoms with E-state index in [0.29, 0.717) is 19.4 Å². The third-order valence-electron chi connectivity index (χ3n) is 3.92. The number of nitrogens with zero attached hydrogens (tertiary/aromatic N) is 1. The molecular weight excluding hydrogens is 318 g/mol. The standard InChI is InChI=1S/C20H23NO2S/c1-3-4-8-16-21(17-15-19-9-6-5-7-10-19)24(22,23)20-13-11-18(2)12-14-20/h1,9,11-14H,4-8,10,16H2,2H3. The van der Waals surface area contributed by atoms with E-state index in [0.717, 1.165) is 30.4 Å². The second-order valence-electron chi connectivity index (χ2n) is 5.91. The summed E-state index contributed by atoms with van der Waals surface area (Å²) in [6.45, 7) is 2.23. The van der Waals surface area contributed by atoms with Crippen molar-refractivity contribution >= 4 is 10.0 Å². The molecule has 2 rings (SSSR count). The summed E-state index contributed by atoms with van der Waals surface area (Å²) in [5, 5.41) is 0. The Morgan fingerprint density at radius 1 is 1.21 bits per heavy atom. The normalized spacial score (nSPS) is 14.1. The molecule has 0 N–H and O–H groups in total. The van der Waals surface area contributed by atoms with Crippen LogP contribution in [0, 0.1) is 31.2 Å². The van der Waals surface area contributed by atoms with Crippen LogP contribution in [0.15, 0.2) is 40.8 Å². The smallest absolute Gasteiger partial charge is 0.224 e. The van der Waals surface area contributed by atoms with Gasteiger partial charge in [-0.2, -0.15) is 0 Å². The van der Waals surface area contributed by atoms with E-state index < -0.39 is 10.0 Å². The number of hydrogen-bond acceptors (Lipinski definition) is 2. The van der Waals surface area contributed by atoms with Crippen molar-refractivity contribution in [2.45, 2.75) is 50.3 Å². The molecule has 0 heterocycles. The molecule has 1 aliphatic carbocycles. The molecule has 0 atom stereocenters. The molecule has 0 radical (unpaired) electrons. The van der Waals surface area contributed by atoms with Crippen LogP contribution >= 0.6 is 0 Å². The first-order chi connectivity index (χ1) is 11.5. The number of unbranched alkanes of at least 4 members (excludes halogenated alkanes) is 1. The minimum Gasteiger partial charge on any atom is -0.224 e. The van der Waals surface area contributed by atoms with Crippen LogP contribution in [0.2, 0.25) is 0 Å². The zero-order valence-electron chi connectivity index (χ0n) is 14.1. The fourth-order valence-corrected chi connectivity index (χ4v) is 3.75. The maximum atomic E-state index is 12.9. The third-order valence-corrected chi connectivity index (χ3v) is 5.65. The molecule has 1 aliphatic rings. The van der Waals surface area contributed by atoms with Gasteiger partial charge in [0.1, 0.15) is 0 Å². The molecule has 0 saturated heterocycles. The minimum atomic E-state index is -3.64. The van der Waals surface area contributed by atoms with Crippen molar-refractivity contribution in [1.82, 2.24) is 4.31 Å². The topological polar surface area (TPSA) is 37.4 Å². The Kier molecular flexibility index (Phi) is 6.53. The Hall–Kier alpha value is -2.17. The van der Waals surface area contributed by atoms with E-state index in [-0.39, 0.29) is 4.90 Å². The lowest BCUT2D eigenvalue weighted by Gasteiger charge is -2.18. The molecule has 0 spiro atoms. The highest BCUT2D eigenvalue weighted by molar-refractivity contribution is 7.89. The quantitative estimate of drug-likeness (QED) is 0.463. The molecular formula is C20H23NO2S. The number of allylic oxidation sites excluding steroid dienone is 2. The van der Waals surface area contributed by atoms with Gasteiger partial charge in [-0.25, -0.2) is 12.7 Å². The summed E-state index contributed by atoms with van der Waals surface area (Å²) >= 11 is 0. The van der Waals surface area contributed by atoms with Gasteiger partial charge in [0.05, 0.1) is 4.90 Å². The van der Waals surface area contributed by atoms with Crippen molar-refractivity contribution < 1.29 is 8.42 Å². The van der Waals surface area contributed by atoms with E-state index in [4.69, 9.17) is 6.42 Å². The van der Waals surface area contributed by atoms with Crippen molar-refractivity contribution in [1.29, 1.82) is 0 Å². The van der Waals surface area contributed by atoms with Crippen molar-refractivity contribution in [2.24, 2.45) is 0 Å². The van der Waals surface area contributed by atoms with Crippen LogP contribution in [0.3, 0.4) is 0 Å². The lowest BCUT2D eigenvalue weighted by atomic mass is 10.0. The first-order valence-corrected chi connectivity index (χ1v) is 9.71. The lowest BCUT2D eigenvalue weighted by molar-refractivity contribution is 0.504. The van der Waals surface area contributed by atoms with Gasteiger partial charge in [-0.05, 0) is 62.7 Å². The maximum absolute atomic E-state index is 12.9. The maximum Gasteiger partial charge on any atom is 0.270 e. The second kappa shape index (κ2) is 8.62. The summed E-state index contributed by atoms with van der Waals surface area (Å²) in [5.41, 5.74) is 2.05. The first kappa shape index (κ1) is 18.2. The molecule has 24 heavy (non-hydrogen) atoms. The van der Waals surface area contributed by atoms with Gasteiger partial charge >= 0.3 is 0 Å². The summed E-state index contributed by atoms with van der Waals surface area (Å²) in [7, 11) is -3.64. The van der Waals surface area contributed by atoms with Gasteiger partial charge < -0.3 is 0 Å². The average molecular weight is 341 g/mol. The number of aryl methyl sites for hydroxylation is 1. The Morgan fingerprint density at radius 2 is 1.96 bits per heavy atom. The molecule has 0 aliphatic heterocycles. The predicted octanol–water partition coefficient (Wildman–Crippen LogP) is 3.86. The summed E-state index contributed by atoms with van der Waals surface area (Å²) in [6.07, 6.45) is 12.7. The van der Waals surface area contributed by atoms with Crippen LogP contribution in [0.1, 0.15) is 44.1 Å². The summed E-state index contributed by atoms with van der Waals surface area (Å²) < 4.78 is 27.0. The lowest BCUT2D eigenvalue weighted by Crippen LogP contribution is -2.27. The number of sulfonamides is 1. The van der Waals surface area contributed by atoms with Gasteiger partial charge in [0.2, 0.25) is 0 Å². The zero-order valence-corrected chi connectivity index (χ0v) is 14.9. The van der Waals surface area contributed by atoms with Crippen molar-refractivity contribution in [3.05, 3.63) is 41.5 Å². The second-order valence-corrected chi connectivity index (χ2v) is 7.77. The highest BCUT2D eigenvalue weighted by atomic mass is 32.2. The predicted molar refractivity (Wildman–Crippen MR) is 97.5 cm³/mol. The number of benzene rings is 1. The van der Waals surface area contributed by atoms with E-state index in [1.165, 1.54) is 10.7 Å². The Bertz CT molecular complexity index is 787. The Labute approximate surface area is 145 Å². The van der Waals surface area contributed by atoms with Crippen molar-refractivity contribution in [3.63, 3.8) is 0 Å². The first-order valence-electron chi connectivity index (χ1n) is 8.27. The van der Waals surface area contributed by atoms with Gasteiger partial charge in [0, 0.05) is 19.0 Å². The Balaban J connectivity index is 2.27. The fourth-order valence-electron chi connectivity index (χ4n) is 2.48. The Morgan fingerprint density at radius 3 is 2.58 bits per heavy atom. The number of hydrogen-bond donors (Lipinski definition) is 0. The number of rotatable bonds is 5. The van der Waals surface area contributed by atoms with Crippen LogP contribution in [0.4, 0.5) is 0 Å². The van der Waals surface area contributed by atoms with E-state index in [2.05, 4.69) is 24.0 Å². The van der Waals surface area contributed by atoms with Crippen molar-refractivity contribution in [3.8, 4) is 24.3 Å². The molecule has 3 nitrogen and oxygen atoms in total. The van der Waals surface area contributed by atoms with E-state index in [1.54, 1.807) is 24.3 Å². The largest absolute Gasteiger partial charge is 0.270 e. The molecule has 0 fully saturated rings. The molecule has 0 saturated carbocycles. The van der Waals surface area contributed by atoms with Crippen LogP contribution in [-0.2, 0) is 10.0 Å². The van der Waals surface area contributed by atoms with Gasteiger partial charge in [-0.3, -0.25) is 0 Å². The minimum absolute atomic E-state index is 0.265. The summed E-state index contributed by atoms with van der Waals surface area (Å²) in [4.78, 5) is 0.265. The van der Waals surface area contributed by atoms with Gasteiger partial charge in [0.25, 0.3) is 10.0 Å². The van der Waals surface area contributed by atoms with Gasteiger partial charge in [0.15, 0.2) is 0 Å². The molecule has 1 aromatic rings. The zero-order chi connectivity index (χ0) is 17.4. The van der Waals surface area contributed by atoms with Crippen LogP contribution in [0.25, 0.3) is 0 Å². The summed E-state index contributed by atoms with van der Waals surface area (Å²) in [6, 6.07) is 9.70. The summed E-state index contributed by atoms with van der Waals surface area (Å²) in [5.74, 6) is 5.59. The fraction of sp³-hybridized carbons (Fsp3) is 0.400. The molecule has 0 unspecified atom stereocenters. The van der Waals surface area contributed by atoms with Crippen LogP contribution < -0.4 is 0 Å². The van der Waals surface area contributed by atoms with E-state index >= 15 is 0 Å². The van der Waals surface area contributed by atoms with Gasteiger partial charge in [-0.1, -0.05) is 23.8 Å². The van der Waals surface area contributed by atoms with Crippen LogP contribution in [-0.4, -0.2) is 19.3 Å². The monoisotopic (exact) mass is 341 g/mol. The average Bonchev–Trinajstić information content (AvgIpc) is 2.59. The molecule has 0 bridgehead atoms. The molecule has 1 aromatic carbocycles. The van der Waals surface area contributed by atoms with Gasteiger partial charge in [-0.15, -0.1) is 12.3 Å². The van der Waals surface area contributed by atoms with Crippen LogP contribution in [0.5, 0.6) is 0 Å². The molecule has 126 valence electrons. The van der Waals surface area contributed by atoms with E-state index in [1.807, 2.05) is 6.92 Å². The highest BCUT2D eigenvalue weighted by Crippen LogP contribution is 2.18. The molecule has 0 aromatic heterocycles. The van der Waals surface area contributed by atoms with Crippen molar-refractivity contribution in [2.75, 3.05) is 6.54 Å². The SMILES string of the molecule is C#CCCCN(C#CC1=CCCCC1)S(=O)(=O)c1ccc(C)cc1. The molecule has 4 heteroatoms. The van der Waals surface area contributed by atoms with E-state index in [9.17, 15) is 8.42 Å². The number of terminal acetylenes is 1.